The minimum atomic E-state index is -0.770. The number of carbonyl (C=O) groups is 3. The van der Waals surface area contributed by atoms with Crippen molar-refractivity contribution in [3.8, 4) is 0 Å². The van der Waals surface area contributed by atoms with Crippen molar-refractivity contribution in [2.75, 3.05) is 13.2 Å². The number of carbonyl (C=O) groups excluding carboxylic acids is 3. The van der Waals surface area contributed by atoms with Gasteiger partial charge in [0, 0.05) is 19.3 Å². The number of ether oxygens (including phenoxy) is 3. The molecule has 6 nitrogen and oxygen atoms in total. The van der Waals surface area contributed by atoms with Crippen molar-refractivity contribution in [2.45, 2.75) is 406 Å². The molecule has 1 unspecified atom stereocenters. The topological polar surface area (TPSA) is 78.9 Å². The summed E-state index contributed by atoms with van der Waals surface area (Å²) in [6.45, 7) is 6.69. The van der Waals surface area contributed by atoms with Gasteiger partial charge in [0.2, 0.25) is 0 Å². The summed E-state index contributed by atoms with van der Waals surface area (Å²) in [4.78, 5) is 38.3. The smallest absolute Gasteiger partial charge is 0.306 e. The van der Waals surface area contributed by atoms with Gasteiger partial charge in [-0.05, 0) is 70.6 Å². The molecule has 0 fully saturated rings. The lowest BCUT2D eigenvalue weighted by Crippen LogP contribution is -2.30. The van der Waals surface area contributed by atoms with Gasteiger partial charge in [-0.3, -0.25) is 14.4 Å². The molecule has 78 heavy (non-hydrogen) atoms. The van der Waals surface area contributed by atoms with Crippen LogP contribution in [0, 0.1) is 0 Å². The number of hydrogen-bond donors (Lipinski definition) is 0. The molecule has 0 amide bonds. The summed E-state index contributed by atoms with van der Waals surface area (Å²) in [5.41, 5.74) is 0. The Hall–Kier alpha value is -2.11. The maximum absolute atomic E-state index is 12.9. The summed E-state index contributed by atoms with van der Waals surface area (Å²) in [6, 6.07) is 0. The van der Waals surface area contributed by atoms with Crippen molar-refractivity contribution < 1.29 is 28.6 Å². The van der Waals surface area contributed by atoms with E-state index in [4.69, 9.17) is 14.2 Å². The monoisotopic (exact) mass is 1100 g/mol. The van der Waals surface area contributed by atoms with E-state index < -0.39 is 6.10 Å². The molecule has 0 aromatic rings. The number of rotatable bonds is 66. The van der Waals surface area contributed by atoms with Crippen molar-refractivity contribution in [2.24, 2.45) is 0 Å². The first-order valence-corrected chi connectivity index (χ1v) is 35.3. The number of hydrogen-bond acceptors (Lipinski definition) is 6. The Kier molecular flexibility index (Phi) is 65.6. The lowest BCUT2D eigenvalue weighted by atomic mass is 10.0. The second kappa shape index (κ2) is 67.4. The van der Waals surface area contributed by atoms with Gasteiger partial charge in [-0.25, -0.2) is 0 Å². The third-order valence-electron chi connectivity index (χ3n) is 16.2. The first-order chi connectivity index (χ1) is 38.5. The molecule has 0 saturated carbocycles. The fraction of sp³-hybridized carbons (Fsp3) is 0.903. The van der Waals surface area contributed by atoms with E-state index in [0.717, 1.165) is 64.2 Å². The number of unbranched alkanes of at least 4 members (excludes halogenated alkanes) is 51. The molecule has 0 N–H and O–H groups in total. The SMILES string of the molecule is CCCCCC/C=C\CCCCCCCC(=O)OCC(COC(=O)CCCCCCCCCCCCCCCCCCCCC/C=C\CCCCCCCCCC)OC(=O)CCCCCCCCCCCCCCCCCC. The first kappa shape index (κ1) is 75.9. The Labute approximate surface area is 487 Å². The largest absolute Gasteiger partial charge is 0.462 e. The van der Waals surface area contributed by atoms with Gasteiger partial charge in [-0.1, -0.05) is 334 Å². The third-order valence-corrected chi connectivity index (χ3v) is 16.2. The number of esters is 3. The zero-order chi connectivity index (χ0) is 56.4. The molecule has 0 radical (unpaired) electrons. The summed E-state index contributed by atoms with van der Waals surface area (Å²) < 4.78 is 17.0. The quantitative estimate of drug-likeness (QED) is 0.0261. The molecule has 460 valence electrons. The van der Waals surface area contributed by atoms with Gasteiger partial charge in [-0.2, -0.15) is 0 Å². The molecule has 6 heteroatoms. The predicted octanol–water partition coefficient (Wildman–Crippen LogP) is 24.2. The Morgan fingerprint density at radius 2 is 0.423 bits per heavy atom. The summed E-state index contributed by atoms with van der Waals surface area (Å²) in [7, 11) is 0. The first-order valence-electron chi connectivity index (χ1n) is 35.3. The van der Waals surface area contributed by atoms with Gasteiger partial charge in [-0.15, -0.1) is 0 Å². The summed E-state index contributed by atoms with van der Waals surface area (Å²) in [6.07, 6.45) is 82.2. The Bertz CT molecular complexity index is 1260. The molecule has 0 saturated heterocycles. The molecular formula is C72H136O6. The maximum atomic E-state index is 12.9. The maximum Gasteiger partial charge on any atom is 0.306 e. The second-order valence-electron chi connectivity index (χ2n) is 24.1. The molecule has 0 heterocycles. The molecule has 0 aliphatic carbocycles. The van der Waals surface area contributed by atoms with Crippen LogP contribution in [0.4, 0.5) is 0 Å². The highest BCUT2D eigenvalue weighted by atomic mass is 16.6. The van der Waals surface area contributed by atoms with Crippen molar-refractivity contribution >= 4 is 17.9 Å². The molecule has 1 atom stereocenters. The third kappa shape index (κ3) is 64.7. The lowest BCUT2D eigenvalue weighted by molar-refractivity contribution is -0.167. The van der Waals surface area contributed by atoms with Crippen LogP contribution in [0.2, 0.25) is 0 Å². The second-order valence-corrected chi connectivity index (χ2v) is 24.1. The van der Waals surface area contributed by atoms with E-state index in [0.29, 0.717) is 19.3 Å². The highest BCUT2D eigenvalue weighted by molar-refractivity contribution is 5.71. The average Bonchev–Trinajstić information content (AvgIpc) is 3.44. The normalized spacial score (nSPS) is 12.1. The van der Waals surface area contributed by atoms with E-state index in [1.807, 2.05) is 0 Å². The van der Waals surface area contributed by atoms with Crippen LogP contribution in [-0.2, 0) is 28.6 Å². The lowest BCUT2D eigenvalue weighted by Gasteiger charge is -2.18. The summed E-state index contributed by atoms with van der Waals surface area (Å²) in [5.74, 6) is -0.846. The average molecular weight is 1100 g/mol. The standard InChI is InChI=1S/C72H136O6/c1-4-7-10-13-16-19-22-25-27-29-30-31-32-33-34-35-36-37-38-39-40-41-42-43-45-47-50-53-56-59-62-65-71(74)77-68-69(67-76-70(73)64-61-58-55-52-49-46-24-21-18-15-12-9-6-3)78-72(75)66-63-60-57-54-51-48-44-28-26-23-20-17-14-11-8-5-2/h21,24,29-30,69H,4-20,22-23,25-28,31-68H2,1-3H3/b24-21-,30-29-. The highest BCUT2D eigenvalue weighted by Gasteiger charge is 2.19. The van der Waals surface area contributed by atoms with Gasteiger partial charge >= 0.3 is 17.9 Å². The van der Waals surface area contributed by atoms with Crippen LogP contribution in [0.15, 0.2) is 24.3 Å². The molecule has 0 aliphatic heterocycles. The van der Waals surface area contributed by atoms with Crippen molar-refractivity contribution in [3.05, 3.63) is 24.3 Å². The predicted molar refractivity (Wildman–Crippen MR) is 340 cm³/mol. The zero-order valence-corrected chi connectivity index (χ0v) is 53.0. The van der Waals surface area contributed by atoms with E-state index in [1.165, 1.54) is 295 Å². The summed E-state index contributed by atoms with van der Waals surface area (Å²) in [5, 5.41) is 0. The molecule has 0 spiro atoms. The van der Waals surface area contributed by atoms with Crippen LogP contribution in [0.1, 0.15) is 400 Å². The Balaban J connectivity index is 4.11. The van der Waals surface area contributed by atoms with E-state index >= 15 is 0 Å². The van der Waals surface area contributed by atoms with E-state index in [-0.39, 0.29) is 31.1 Å². The van der Waals surface area contributed by atoms with Crippen molar-refractivity contribution in [1.82, 2.24) is 0 Å². The van der Waals surface area contributed by atoms with Crippen LogP contribution >= 0.6 is 0 Å². The van der Waals surface area contributed by atoms with E-state index in [1.54, 1.807) is 0 Å². The number of allylic oxidation sites excluding steroid dienone is 4. The van der Waals surface area contributed by atoms with E-state index in [2.05, 4.69) is 45.1 Å². The molecule has 0 aromatic heterocycles. The molecule has 0 rings (SSSR count). The zero-order valence-electron chi connectivity index (χ0n) is 53.0. The minimum absolute atomic E-state index is 0.0674. The molecule has 0 aliphatic rings. The van der Waals surface area contributed by atoms with Gasteiger partial charge in [0.1, 0.15) is 13.2 Å². The minimum Gasteiger partial charge on any atom is -0.462 e. The summed E-state index contributed by atoms with van der Waals surface area (Å²) >= 11 is 0. The Morgan fingerprint density at radius 3 is 0.654 bits per heavy atom. The van der Waals surface area contributed by atoms with Gasteiger partial charge < -0.3 is 14.2 Å². The fourth-order valence-corrected chi connectivity index (χ4v) is 10.8. The van der Waals surface area contributed by atoms with Crippen LogP contribution in [0.3, 0.4) is 0 Å². The van der Waals surface area contributed by atoms with Crippen LogP contribution in [-0.4, -0.2) is 37.2 Å². The molecule has 0 bridgehead atoms. The van der Waals surface area contributed by atoms with Crippen LogP contribution in [0.25, 0.3) is 0 Å². The van der Waals surface area contributed by atoms with Crippen LogP contribution in [0.5, 0.6) is 0 Å². The molecular weight excluding hydrogens is 961 g/mol. The van der Waals surface area contributed by atoms with Crippen molar-refractivity contribution in [1.29, 1.82) is 0 Å². The molecule has 0 aromatic carbocycles. The van der Waals surface area contributed by atoms with Gasteiger partial charge in [0.25, 0.3) is 0 Å². The van der Waals surface area contributed by atoms with Gasteiger partial charge in [0.15, 0.2) is 6.10 Å². The van der Waals surface area contributed by atoms with E-state index in [9.17, 15) is 14.4 Å². The van der Waals surface area contributed by atoms with Crippen LogP contribution < -0.4 is 0 Å². The van der Waals surface area contributed by atoms with Gasteiger partial charge in [0.05, 0.1) is 0 Å². The van der Waals surface area contributed by atoms with Crippen molar-refractivity contribution in [3.63, 3.8) is 0 Å². The Morgan fingerprint density at radius 1 is 0.244 bits per heavy atom. The highest BCUT2D eigenvalue weighted by Crippen LogP contribution is 2.19. The fourth-order valence-electron chi connectivity index (χ4n) is 10.8.